The van der Waals surface area contributed by atoms with Crippen LogP contribution < -0.4 is 30.7 Å². The van der Waals surface area contributed by atoms with E-state index in [1.807, 2.05) is 0 Å². The maximum Gasteiger partial charge on any atom is 0.573 e. The Labute approximate surface area is 277 Å². The van der Waals surface area contributed by atoms with Crippen LogP contribution in [0.4, 0.5) is 50.9 Å². The number of rotatable bonds is 12. The lowest BCUT2D eigenvalue weighted by Gasteiger charge is -2.21. The van der Waals surface area contributed by atoms with Crippen LogP contribution in [0.3, 0.4) is 0 Å². The van der Waals surface area contributed by atoms with Gasteiger partial charge in [-0.15, -0.1) is 26.0 Å². The zero-order valence-corrected chi connectivity index (χ0v) is 27.0. The van der Waals surface area contributed by atoms with Crippen LogP contribution in [0.25, 0.3) is 0 Å². The van der Waals surface area contributed by atoms with Gasteiger partial charge in [-0.05, 0) is 64.1 Å². The molecule has 0 aliphatic heterocycles. The number of methoxy groups -OCH3 is 1. The van der Waals surface area contributed by atoms with Crippen molar-refractivity contribution in [1.29, 1.82) is 0 Å². The quantitative estimate of drug-likeness (QED) is 0.136. The van der Waals surface area contributed by atoms with Gasteiger partial charge >= 0.3 is 18.7 Å². The van der Waals surface area contributed by atoms with Crippen LogP contribution in [0.2, 0.25) is 0 Å². The summed E-state index contributed by atoms with van der Waals surface area (Å²) in [7, 11) is 1.43. The Kier molecular flexibility index (Phi) is 14.6. The first-order chi connectivity index (χ1) is 22.3. The number of amides is 2. The SMILES string of the molecule is C#CC(C)(C)NC(=O)c1cc(OC(F)(F)F)ccc1NCCC(F)(F)F.C#CC(C)(C)NC(=O)c1cc(OC)ccc1NCCC(F)(F)F. The van der Waals surface area contributed by atoms with Gasteiger partial charge in [-0.1, -0.05) is 11.8 Å². The number of nitrogens with one attached hydrogen (secondary N) is 4. The molecule has 0 saturated heterocycles. The first-order valence-electron chi connectivity index (χ1n) is 14.1. The molecule has 270 valence electrons. The summed E-state index contributed by atoms with van der Waals surface area (Å²) in [6.45, 7) is 5.31. The third kappa shape index (κ3) is 16.6. The highest BCUT2D eigenvalue weighted by Gasteiger charge is 2.32. The van der Waals surface area contributed by atoms with Gasteiger partial charge in [0, 0.05) is 24.5 Å². The number of hydrogen-bond donors (Lipinski definition) is 4. The topological polar surface area (TPSA) is 101 Å². The van der Waals surface area contributed by atoms with Crippen molar-refractivity contribution >= 4 is 23.2 Å². The van der Waals surface area contributed by atoms with E-state index in [9.17, 15) is 49.1 Å². The second-order valence-electron chi connectivity index (χ2n) is 11.2. The number of anilines is 2. The van der Waals surface area contributed by atoms with Crippen molar-refractivity contribution in [2.45, 2.75) is 70.3 Å². The summed E-state index contributed by atoms with van der Waals surface area (Å²) in [5, 5.41) is 10.0. The van der Waals surface area contributed by atoms with E-state index in [2.05, 4.69) is 37.8 Å². The molecule has 0 spiro atoms. The molecular weight excluding hydrogens is 675 g/mol. The molecule has 0 radical (unpaired) electrons. The molecule has 0 heterocycles. The maximum absolute atomic E-state index is 12.3. The molecule has 17 heteroatoms. The molecule has 8 nitrogen and oxygen atoms in total. The molecule has 2 aromatic carbocycles. The Bertz CT molecular complexity index is 1520. The third-order valence-corrected chi connectivity index (χ3v) is 5.96. The number of terminal acetylenes is 2. The minimum atomic E-state index is -4.99. The molecular formula is C32H35F9N4O4. The average molecular weight is 711 g/mol. The van der Waals surface area contributed by atoms with Crippen LogP contribution in [0, 0.1) is 24.7 Å². The Balaban J connectivity index is 0.000000494. The monoisotopic (exact) mass is 710 g/mol. The predicted molar refractivity (Wildman–Crippen MR) is 165 cm³/mol. The number of hydrogen-bond acceptors (Lipinski definition) is 6. The van der Waals surface area contributed by atoms with E-state index < -0.39 is 66.7 Å². The van der Waals surface area contributed by atoms with Crippen molar-refractivity contribution in [1.82, 2.24) is 10.6 Å². The summed E-state index contributed by atoms with van der Waals surface area (Å²) in [5.74, 6) is 3.04. The average Bonchev–Trinajstić information content (AvgIpc) is 2.95. The standard InChI is InChI=1S/C16H16F6N2O2.C16H19F3N2O2/c1-4-14(2,3)24-13(25)11-9-10(26-16(20,21)22)5-6-12(11)23-8-7-15(17,18)19;1-5-15(2,3)21-14(22)12-10-11(23-4)6-7-13(12)20-9-8-16(17,18)19/h1,5-6,9,23H,7-8H2,2-3H3,(H,24,25);1,6-7,10,20H,8-9H2,2-4H3,(H,21,22). The van der Waals surface area contributed by atoms with Crippen molar-refractivity contribution < 1.29 is 58.6 Å². The third-order valence-electron chi connectivity index (χ3n) is 5.96. The number of benzene rings is 2. The number of carbonyl (C=O) groups is 2. The fourth-order valence-electron chi connectivity index (χ4n) is 3.51. The molecule has 0 atom stereocenters. The van der Waals surface area contributed by atoms with Crippen molar-refractivity contribution in [2.75, 3.05) is 30.8 Å². The maximum atomic E-state index is 12.3. The summed E-state index contributed by atoms with van der Waals surface area (Å²) in [6, 6.07) is 7.16. The predicted octanol–water partition coefficient (Wildman–Crippen LogP) is 7.29. The molecule has 4 N–H and O–H groups in total. The van der Waals surface area contributed by atoms with E-state index in [1.54, 1.807) is 19.9 Å². The van der Waals surface area contributed by atoms with E-state index in [0.717, 1.165) is 18.2 Å². The summed E-state index contributed by atoms with van der Waals surface area (Å²) in [6.07, 6.45) is -5.33. The second-order valence-corrected chi connectivity index (χ2v) is 11.2. The molecule has 2 aromatic rings. The minimum absolute atomic E-state index is 0.0888. The van der Waals surface area contributed by atoms with Crippen molar-refractivity contribution in [3.8, 4) is 36.2 Å². The van der Waals surface area contributed by atoms with Gasteiger partial charge in [0.1, 0.15) is 11.5 Å². The second kappa shape index (κ2) is 16.9. The van der Waals surface area contributed by atoms with Crippen LogP contribution in [0.1, 0.15) is 61.3 Å². The molecule has 2 amide bonds. The van der Waals surface area contributed by atoms with E-state index in [1.165, 1.54) is 33.1 Å². The van der Waals surface area contributed by atoms with Crippen LogP contribution in [-0.4, -0.2) is 61.8 Å². The lowest BCUT2D eigenvalue weighted by atomic mass is 10.1. The normalized spacial score (nSPS) is 11.9. The van der Waals surface area contributed by atoms with Crippen LogP contribution in [-0.2, 0) is 0 Å². The van der Waals surface area contributed by atoms with E-state index in [4.69, 9.17) is 17.6 Å². The van der Waals surface area contributed by atoms with Crippen molar-refractivity contribution in [3.05, 3.63) is 47.5 Å². The highest BCUT2D eigenvalue weighted by Crippen LogP contribution is 2.29. The smallest absolute Gasteiger partial charge is 0.497 e. The van der Waals surface area contributed by atoms with Crippen molar-refractivity contribution in [2.24, 2.45) is 0 Å². The van der Waals surface area contributed by atoms with Gasteiger partial charge in [-0.2, -0.15) is 26.3 Å². The molecule has 0 aliphatic carbocycles. The highest BCUT2D eigenvalue weighted by molar-refractivity contribution is 6.01. The van der Waals surface area contributed by atoms with Gasteiger partial charge in [-0.25, -0.2) is 0 Å². The van der Waals surface area contributed by atoms with Crippen LogP contribution in [0.15, 0.2) is 36.4 Å². The van der Waals surface area contributed by atoms with Gasteiger partial charge in [0.25, 0.3) is 11.8 Å². The fourth-order valence-corrected chi connectivity index (χ4v) is 3.51. The number of carbonyl (C=O) groups excluding carboxylic acids is 2. The minimum Gasteiger partial charge on any atom is -0.497 e. The summed E-state index contributed by atoms with van der Waals surface area (Å²) < 4.78 is 119. The largest absolute Gasteiger partial charge is 0.573 e. The van der Waals surface area contributed by atoms with E-state index in [-0.39, 0.29) is 29.0 Å². The van der Waals surface area contributed by atoms with Gasteiger partial charge in [0.2, 0.25) is 0 Å². The number of ether oxygens (including phenoxy) is 2. The van der Waals surface area contributed by atoms with Gasteiger partial charge in [0.15, 0.2) is 0 Å². The van der Waals surface area contributed by atoms with Gasteiger partial charge in [0.05, 0.1) is 42.2 Å². The molecule has 0 fully saturated rings. The molecule has 0 saturated carbocycles. The molecule has 49 heavy (non-hydrogen) atoms. The molecule has 0 bridgehead atoms. The lowest BCUT2D eigenvalue weighted by Crippen LogP contribution is -2.42. The Morgan fingerprint density at radius 2 is 1.04 bits per heavy atom. The Morgan fingerprint density at radius 3 is 1.37 bits per heavy atom. The highest BCUT2D eigenvalue weighted by atomic mass is 19.4. The Morgan fingerprint density at radius 1 is 0.673 bits per heavy atom. The van der Waals surface area contributed by atoms with E-state index >= 15 is 0 Å². The molecule has 0 unspecified atom stereocenters. The first kappa shape index (κ1) is 42.1. The van der Waals surface area contributed by atoms with Crippen molar-refractivity contribution in [3.63, 3.8) is 0 Å². The summed E-state index contributed by atoms with van der Waals surface area (Å²) >= 11 is 0. The number of halogens is 9. The summed E-state index contributed by atoms with van der Waals surface area (Å²) in [4.78, 5) is 24.7. The zero-order valence-electron chi connectivity index (χ0n) is 27.0. The Hall–Kier alpha value is -4.93. The summed E-state index contributed by atoms with van der Waals surface area (Å²) in [5.41, 5.74) is -1.99. The fraction of sp³-hybridized carbons (Fsp3) is 0.438. The molecule has 0 aromatic heterocycles. The first-order valence-corrected chi connectivity index (χ1v) is 14.1. The lowest BCUT2D eigenvalue weighted by molar-refractivity contribution is -0.274. The van der Waals surface area contributed by atoms with Gasteiger partial charge < -0.3 is 30.7 Å². The number of alkyl halides is 9. The van der Waals surface area contributed by atoms with E-state index in [0.29, 0.717) is 5.75 Å². The van der Waals surface area contributed by atoms with Crippen LogP contribution >= 0.6 is 0 Å². The van der Waals surface area contributed by atoms with Crippen LogP contribution in [0.5, 0.6) is 11.5 Å². The molecule has 2 rings (SSSR count). The van der Waals surface area contributed by atoms with Gasteiger partial charge in [-0.3, -0.25) is 9.59 Å². The molecule has 0 aliphatic rings. The zero-order chi connectivity index (χ0) is 37.8.